The third-order valence-corrected chi connectivity index (χ3v) is 2.41. The summed E-state index contributed by atoms with van der Waals surface area (Å²) >= 11 is 9.14. The fourth-order valence-corrected chi connectivity index (χ4v) is 1.40. The van der Waals surface area contributed by atoms with Crippen molar-refractivity contribution in [2.75, 3.05) is 13.1 Å². The van der Waals surface area contributed by atoms with Crippen LogP contribution in [0.2, 0.25) is 0 Å². The van der Waals surface area contributed by atoms with E-state index in [1.807, 2.05) is 29.2 Å². The van der Waals surface area contributed by atoms with Gasteiger partial charge >= 0.3 is 0 Å². The summed E-state index contributed by atoms with van der Waals surface area (Å²) in [5, 5.41) is 0. The summed E-state index contributed by atoms with van der Waals surface area (Å²) in [6.45, 7) is 1.09. The molecule has 0 N–H and O–H groups in total. The zero-order chi connectivity index (χ0) is 11.8. The Morgan fingerprint density at radius 1 is 1.50 bits per heavy atom. The third-order valence-electron chi connectivity index (χ3n) is 1.87. The van der Waals surface area contributed by atoms with E-state index in [4.69, 9.17) is 18.6 Å². The Morgan fingerprint density at radius 3 is 3.00 bits per heavy atom. The molecule has 0 saturated heterocycles. The molecule has 0 fully saturated rings. The van der Waals surface area contributed by atoms with Crippen molar-refractivity contribution in [1.82, 2.24) is 4.90 Å². The minimum atomic E-state index is 0.455. The smallest absolute Gasteiger partial charge is 0.134 e. The number of terminal acetylenes is 1. The van der Waals surface area contributed by atoms with Gasteiger partial charge in [0.2, 0.25) is 0 Å². The summed E-state index contributed by atoms with van der Waals surface area (Å²) in [6.07, 6.45) is 14.7. The molecule has 0 unspecified atom stereocenters. The molecule has 80 valence electrons. The average Bonchev–Trinajstić information content (AvgIpc) is 2.20. The van der Waals surface area contributed by atoms with E-state index in [9.17, 15) is 0 Å². The third kappa shape index (κ3) is 4.40. The van der Waals surface area contributed by atoms with Gasteiger partial charge in [-0.05, 0) is 17.7 Å². The zero-order valence-electron chi connectivity index (χ0n) is 8.68. The van der Waals surface area contributed by atoms with Gasteiger partial charge in [0, 0.05) is 6.54 Å². The maximum atomic E-state index is 5.27. The first kappa shape index (κ1) is 12.6. The highest BCUT2D eigenvalue weighted by atomic mass is 32.1. The number of rotatable bonds is 3. The van der Waals surface area contributed by atoms with Crippen LogP contribution < -0.4 is 0 Å². The number of nitrogens with zero attached hydrogens (tertiary/aromatic N) is 1. The van der Waals surface area contributed by atoms with E-state index in [-0.39, 0.29) is 0 Å². The molecule has 0 aromatic carbocycles. The Labute approximate surface area is 107 Å². The van der Waals surface area contributed by atoms with Crippen LogP contribution >= 0.6 is 24.8 Å². The summed E-state index contributed by atoms with van der Waals surface area (Å²) < 4.78 is 0.498. The van der Waals surface area contributed by atoms with E-state index in [2.05, 4.69) is 30.4 Å². The highest BCUT2D eigenvalue weighted by molar-refractivity contribution is 8.10. The SMILES string of the molecule is C#CCN(CC1=CC#C/C=C/C=C1)C(=S)S. The van der Waals surface area contributed by atoms with E-state index in [0.717, 1.165) is 5.57 Å². The molecule has 0 heterocycles. The summed E-state index contributed by atoms with van der Waals surface area (Å²) in [5.74, 6) is 8.36. The molecular weight excluding hydrogens is 234 g/mol. The average molecular weight is 245 g/mol. The van der Waals surface area contributed by atoms with Crippen molar-refractivity contribution in [3.8, 4) is 24.2 Å². The molecular formula is C13H11NS2. The van der Waals surface area contributed by atoms with E-state index < -0.39 is 0 Å². The highest BCUT2D eigenvalue weighted by Crippen LogP contribution is 2.05. The van der Waals surface area contributed by atoms with Gasteiger partial charge in [-0.25, -0.2) is 0 Å². The molecule has 1 aliphatic rings. The lowest BCUT2D eigenvalue weighted by molar-refractivity contribution is 0.531. The van der Waals surface area contributed by atoms with Gasteiger partial charge in [0.15, 0.2) is 0 Å². The monoisotopic (exact) mass is 245 g/mol. The van der Waals surface area contributed by atoms with Crippen molar-refractivity contribution in [2.24, 2.45) is 0 Å². The van der Waals surface area contributed by atoms with Gasteiger partial charge in [0.25, 0.3) is 0 Å². The molecule has 1 rings (SSSR count). The molecule has 0 aromatic rings. The second-order valence-corrected chi connectivity index (χ2v) is 4.18. The molecule has 0 spiro atoms. The molecule has 1 aliphatic carbocycles. The van der Waals surface area contributed by atoms with Gasteiger partial charge < -0.3 is 4.90 Å². The summed E-state index contributed by atoms with van der Waals surface area (Å²) in [4.78, 5) is 1.83. The Bertz CT molecular complexity index is 453. The van der Waals surface area contributed by atoms with Crippen LogP contribution in [0.4, 0.5) is 0 Å². The van der Waals surface area contributed by atoms with Crippen LogP contribution in [0.5, 0.6) is 0 Å². The molecule has 1 nitrogen and oxygen atoms in total. The van der Waals surface area contributed by atoms with Crippen LogP contribution in [0.3, 0.4) is 0 Å². The van der Waals surface area contributed by atoms with Crippen molar-refractivity contribution in [3.63, 3.8) is 0 Å². The molecule has 0 bridgehead atoms. The minimum absolute atomic E-state index is 0.455. The zero-order valence-corrected chi connectivity index (χ0v) is 10.4. The topological polar surface area (TPSA) is 3.24 Å². The normalized spacial score (nSPS) is 14.6. The maximum Gasteiger partial charge on any atom is 0.134 e. The second kappa shape index (κ2) is 6.95. The second-order valence-electron chi connectivity index (χ2n) is 3.07. The van der Waals surface area contributed by atoms with E-state index in [0.29, 0.717) is 17.4 Å². The molecule has 16 heavy (non-hydrogen) atoms. The van der Waals surface area contributed by atoms with Gasteiger partial charge in [-0.1, -0.05) is 48.2 Å². The number of hydrogen-bond acceptors (Lipinski definition) is 1. The van der Waals surface area contributed by atoms with Crippen LogP contribution in [0.25, 0.3) is 0 Å². The summed E-state index contributed by atoms with van der Waals surface area (Å²) in [6, 6.07) is 0. The molecule has 0 saturated carbocycles. The Kier molecular flexibility index (Phi) is 5.50. The van der Waals surface area contributed by atoms with E-state index >= 15 is 0 Å². The Hall–Kier alpha value is -1.42. The largest absolute Gasteiger partial charge is 0.342 e. The van der Waals surface area contributed by atoms with Crippen LogP contribution in [0, 0.1) is 24.2 Å². The number of hydrogen-bond donors (Lipinski definition) is 1. The van der Waals surface area contributed by atoms with Crippen LogP contribution in [-0.4, -0.2) is 22.3 Å². The maximum absolute atomic E-state index is 5.27. The molecule has 0 aromatic heterocycles. The predicted molar refractivity (Wildman–Crippen MR) is 76.1 cm³/mol. The van der Waals surface area contributed by atoms with Crippen molar-refractivity contribution < 1.29 is 0 Å². The molecule has 0 atom stereocenters. The van der Waals surface area contributed by atoms with Crippen molar-refractivity contribution >= 4 is 29.2 Å². The van der Waals surface area contributed by atoms with Crippen molar-refractivity contribution in [2.45, 2.75) is 0 Å². The van der Waals surface area contributed by atoms with Crippen LogP contribution in [0.15, 0.2) is 36.0 Å². The first-order chi connectivity index (χ1) is 7.74. The van der Waals surface area contributed by atoms with Crippen LogP contribution in [0.1, 0.15) is 0 Å². The van der Waals surface area contributed by atoms with Gasteiger partial charge in [-0.2, -0.15) is 0 Å². The van der Waals surface area contributed by atoms with Crippen molar-refractivity contribution in [3.05, 3.63) is 36.0 Å². The molecule has 3 heteroatoms. The standard InChI is InChI=1S/C13H11NS2/c1-2-10-14(13(15)16)11-12-8-6-4-3-5-7-9-12/h1,3-4,6,8-9H,10-11H2,(H,15,16)/b4-3+,6-4?,8-6?,12-8?,12-9?. The first-order valence-corrected chi connectivity index (χ1v) is 5.54. The van der Waals surface area contributed by atoms with Gasteiger partial charge in [0.1, 0.15) is 4.32 Å². The fraction of sp³-hybridized carbons (Fsp3) is 0.154. The van der Waals surface area contributed by atoms with Crippen LogP contribution in [-0.2, 0) is 0 Å². The Morgan fingerprint density at radius 2 is 2.31 bits per heavy atom. The lowest BCUT2D eigenvalue weighted by Gasteiger charge is -2.20. The summed E-state index contributed by atoms with van der Waals surface area (Å²) in [5.41, 5.74) is 1.06. The fourth-order valence-electron chi connectivity index (χ4n) is 1.13. The minimum Gasteiger partial charge on any atom is -0.342 e. The number of thiol groups is 1. The van der Waals surface area contributed by atoms with Gasteiger partial charge in [-0.15, -0.1) is 19.1 Å². The van der Waals surface area contributed by atoms with E-state index in [1.165, 1.54) is 0 Å². The van der Waals surface area contributed by atoms with Gasteiger partial charge in [0.05, 0.1) is 6.54 Å². The number of thiocarbonyl (C=S) groups is 1. The quantitative estimate of drug-likeness (QED) is 0.461. The van der Waals surface area contributed by atoms with Crippen molar-refractivity contribution in [1.29, 1.82) is 0 Å². The highest BCUT2D eigenvalue weighted by Gasteiger charge is 2.05. The predicted octanol–water partition coefficient (Wildman–Crippen LogP) is 2.19. The molecule has 0 amide bonds. The van der Waals surface area contributed by atoms with E-state index in [1.54, 1.807) is 6.08 Å². The number of allylic oxidation sites excluding steroid dienone is 4. The lowest BCUT2D eigenvalue weighted by Crippen LogP contribution is -2.28. The lowest BCUT2D eigenvalue weighted by atomic mass is 10.2. The van der Waals surface area contributed by atoms with Gasteiger partial charge in [-0.3, -0.25) is 0 Å². The molecule has 0 radical (unpaired) electrons. The summed E-state index contributed by atoms with van der Waals surface area (Å²) in [7, 11) is 0. The first-order valence-electron chi connectivity index (χ1n) is 4.68. The Balaban J connectivity index is 2.74. The molecule has 0 aliphatic heterocycles.